The number of hydrogen-bond donors (Lipinski definition) is 0. The van der Waals surface area contributed by atoms with Gasteiger partial charge in [-0.25, -0.2) is 0 Å². The van der Waals surface area contributed by atoms with E-state index in [1.807, 2.05) is 0 Å². The summed E-state index contributed by atoms with van der Waals surface area (Å²) in [5.74, 6) is -0.842. The van der Waals surface area contributed by atoms with E-state index in [4.69, 9.17) is 14.2 Å². The highest BCUT2D eigenvalue weighted by Gasteiger charge is 2.19. The molecule has 0 bridgehead atoms. The number of ether oxygens (including phenoxy) is 3. The second-order valence-corrected chi connectivity index (χ2v) is 23.1. The van der Waals surface area contributed by atoms with E-state index in [2.05, 4.69) is 20.8 Å². The van der Waals surface area contributed by atoms with E-state index in [1.54, 1.807) is 0 Å². The number of unbranched alkanes of at least 4 members (excludes halogenated alkanes) is 52. The summed E-state index contributed by atoms with van der Waals surface area (Å²) in [5.41, 5.74) is 0. The van der Waals surface area contributed by atoms with Crippen LogP contribution in [0.5, 0.6) is 0 Å². The summed E-state index contributed by atoms with van der Waals surface area (Å²) in [6.45, 7) is 6.66. The van der Waals surface area contributed by atoms with Crippen molar-refractivity contribution >= 4 is 17.9 Å². The van der Waals surface area contributed by atoms with Crippen LogP contribution < -0.4 is 0 Å². The highest BCUT2D eigenvalue weighted by molar-refractivity contribution is 5.71. The van der Waals surface area contributed by atoms with Crippen LogP contribution in [0.1, 0.15) is 393 Å². The van der Waals surface area contributed by atoms with E-state index < -0.39 is 6.10 Å². The Morgan fingerprint density at radius 2 is 0.370 bits per heavy atom. The number of esters is 3. The summed E-state index contributed by atoms with van der Waals surface area (Å²) in [6.07, 6.45) is 73.2. The van der Waals surface area contributed by atoms with Crippen molar-refractivity contribution in [1.82, 2.24) is 0 Å². The predicted molar refractivity (Wildman–Crippen MR) is 317 cm³/mol. The van der Waals surface area contributed by atoms with Crippen molar-refractivity contribution in [2.75, 3.05) is 13.2 Å². The maximum absolute atomic E-state index is 12.8. The van der Waals surface area contributed by atoms with Crippen LogP contribution in [-0.4, -0.2) is 37.2 Å². The molecule has 1 unspecified atom stereocenters. The molecule has 0 fully saturated rings. The maximum atomic E-state index is 12.8. The molecule has 6 heteroatoms. The lowest BCUT2D eigenvalue weighted by molar-refractivity contribution is -0.167. The van der Waals surface area contributed by atoms with Gasteiger partial charge < -0.3 is 14.2 Å². The van der Waals surface area contributed by atoms with Crippen molar-refractivity contribution in [1.29, 1.82) is 0 Å². The van der Waals surface area contributed by atoms with E-state index in [1.165, 1.54) is 295 Å². The Balaban J connectivity index is 3.84. The molecule has 0 rings (SSSR count). The highest BCUT2D eigenvalue weighted by atomic mass is 16.6. The van der Waals surface area contributed by atoms with Gasteiger partial charge in [0.2, 0.25) is 0 Å². The molecule has 73 heavy (non-hydrogen) atoms. The molecule has 0 aliphatic carbocycles. The van der Waals surface area contributed by atoms with Gasteiger partial charge in [-0.2, -0.15) is 0 Å². The van der Waals surface area contributed by atoms with Crippen LogP contribution in [0.25, 0.3) is 0 Å². The van der Waals surface area contributed by atoms with Crippen LogP contribution in [0.2, 0.25) is 0 Å². The van der Waals surface area contributed by atoms with E-state index in [9.17, 15) is 14.4 Å². The van der Waals surface area contributed by atoms with Gasteiger partial charge in [-0.05, 0) is 19.3 Å². The zero-order valence-electron chi connectivity index (χ0n) is 50.0. The normalized spacial score (nSPS) is 11.9. The smallest absolute Gasteiger partial charge is 0.306 e. The molecular weight excluding hydrogens is 901 g/mol. The molecule has 1 atom stereocenters. The van der Waals surface area contributed by atoms with Crippen molar-refractivity contribution in [3.8, 4) is 0 Å². The monoisotopic (exact) mass is 1030 g/mol. The molecular formula is C67H130O6. The summed E-state index contributed by atoms with van der Waals surface area (Å²) < 4.78 is 16.8. The van der Waals surface area contributed by atoms with Crippen molar-refractivity contribution in [2.45, 2.75) is 399 Å². The molecule has 0 heterocycles. The quantitative estimate of drug-likeness (QED) is 0.0343. The van der Waals surface area contributed by atoms with Crippen LogP contribution in [-0.2, 0) is 28.6 Å². The first-order valence-electron chi connectivity index (χ1n) is 33.5. The second kappa shape index (κ2) is 62.9. The molecule has 0 radical (unpaired) electrons. The van der Waals surface area contributed by atoms with E-state index in [0.717, 1.165) is 57.8 Å². The highest BCUT2D eigenvalue weighted by Crippen LogP contribution is 2.19. The summed E-state index contributed by atoms with van der Waals surface area (Å²) >= 11 is 0. The first-order valence-corrected chi connectivity index (χ1v) is 33.5. The van der Waals surface area contributed by atoms with Gasteiger partial charge in [-0.15, -0.1) is 0 Å². The van der Waals surface area contributed by atoms with Crippen molar-refractivity contribution in [3.05, 3.63) is 0 Å². The Hall–Kier alpha value is -1.59. The average Bonchev–Trinajstić information content (AvgIpc) is 3.39. The minimum Gasteiger partial charge on any atom is -0.462 e. The van der Waals surface area contributed by atoms with Crippen LogP contribution in [0.4, 0.5) is 0 Å². The number of carbonyl (C=O) groups is 3. The lowest BCUT2D eigenvalue weighted by Gasteiger charge is -2.18. The molecule has 0 saturated heterocycles. The Morgan fingerprint density at radius 3 is 0.548 bits per heavy atom. The standard InChI is InChI=1S/C67H130O6/c1-4-7-10-13-16-18-20-22-23-24-25-26-27-28-29-30-31-32-33-34-35-36-37-38-39-40-41-42-43-45-46-48-51-54-57-60-66(69)72-63-64(62-71-65(68)59-56-53-50-15-12-9-6-3)73-67(70)61-58-55-52-49-47-44-21-19-17-14-11-8-5-2/h64H,4-63H2,1-3H3. The zero-order chi connectivity index (χ0) is 52.9. The van der Waals surface area contributed by atoms with Gasteiger partial charge in [-0.3, -0.25) is 14.4 Å². The number of rotatable bonds is 63. The molecule has 0 amide bonds. The first-order chi connectivity index (χ1) is 36.0. The number of carbonyl (C=O) groups excluding carboxylic acids is 3. The fraction of sp³-hybridized carbons (Fsp3) is 0.955. The minimum atomic E-state index is -0.760. The van der Waals surface area contributed by atoms with Gasteiger partial charge in [0.25, 0.3) is 0 Å². The van der Waals surface area contributed by atoms with Gasteiger partial charge in [-0.1, -0.05) is 355 Å². The SMILES string of the molecule is CCCCCCCCCCCCCCCCCCCCCCCCCCCCCCCCCCCCCC(=O)OCC(COC(=O)CCCCCCCCC)OC(=O)CCCCCCCCCCCCCCC. The van der Waals surface area contributed by atoms with Crippen LogP contribution >= 0.6 is 0 Å². The van der Waals surface area contributed by atoms with Gasteiger partial charge >= 0.3 is 17.9 Å². The molecule has 0 saturated carbocycles. The largest absolute Gasteiger partial charge is 0.462 e. The molecule has 0 aromatic rings. The fourth-order valence-corrected chi connectivity index (χ4v) is 10.6. The minimum absolute atomic E-state index is 0.0619. The third-order valence-corrected chi connectivity index (χ3v) is 15.6. The Morgan fingerprint density at radius 1 is 0.219 bits per heavy atom. The fourth-order valence-electron chi connectivity index (χ4n) is 10.6. The van der Waals surface area contributed by atoms with Gasteiger partial charge in [0, 0.05) is 19.3 Å². The molecule has 0 spiro atoms. The first kappa shape index (κ1) is 71.4. The van der Waals surface area contributed by atoms with Crippen molar-refractivity contribution < 1.29 is 28.6 Å². The third-order valence-electron chi connectivity index (χ3n) is 15.6. The summed E-state index contributed by atoms with van der Waals surface area (Å²) in [7, 11) is 0. The predicted octanol–water partition coefficient (Wildman–Crippen LogP) is 22.7. The van der Waals surface area contributed by atoms with Crippen molar-refractivity contribution in [2.24, 2.45) is 0 Å². The van der Waals surface area contributed by atoms with Gasteiger partial charge in [0.05, 0.1) is 0 Å². The Labute approximate surface area is 457 Å². The van der Waals surface area contributed by atoms with E-state index >= 15 is 0 Å². The third kappa shape index (κ3) is 61.1. The molecule has 0 aromatic carbocycles. The Bertz CT molecular complexity index is 1090. The molecule has 0 aliphatic rings. The average molecular weight is 1030 g/mol. The summed E-state index contributed by atoms with van der Waals surface area (Å²) in [6, 6.07) is 0. The van der Waals surface area contributed by atoms with Crippen LogP contribution in [0.15, 0.2) is 0 Å². The molecule has 0 aromatic heterocycles. The van der Waals surface area contributed by atoms with E-state index in [0.29, 0.717) is 19.3 Å². The summed E-state index contributed by atoms with van der Waals surface area (Å²) in [5, 5.41) is 0. The van der Waals surface area contributed by atoms with Crippen LogP contribution in [0, 0.1) is 0 Å². The van der Waals surface area contributed by atoms with E-state index in [-0.39, 0.29) is 31.1 Å². The molecule has 6 nitrogen and oxygen atoms in total. The van der Waals surface area contributed by atoms with Gasteiger partial charge in [0.1, 0.15) is 13.2 Å². The van der Waals surface area contributed by atoms with Crippen LogP contribution in [0.3, 0.4) is 0 Å². The zero-order valence-corrected chi connectivity index (χ0v) is 50.0. The molecule has 0 N–H and O–H groups in total. The lowest BCUT2D eigenvalue weighted by Crippen LogP contribution is -2.30. The maximum Gasteiger partial charge on any atom is 0.306 e. The number of hydrogen-bond acceptors (Lipinski definition) is 6. The van der Waals surface area contributed by atoms with Gasteiger partial charge in [0.15, 0.2) is 6.10 Å². The topological polar surface area (TPSA) is 78.9 Å². The molecule has 0 aliphatic heterocycles. The molecule has 434 valence electrons. The Kier molecular flexibility index (Phi) is 61.6. The summed E-state index contributed by atoms with van der Waals surface area (Å²) in [4.78, 5) is 38.0. The second-order valence-electron chi connectivity index (χ2n) is 23.1. The lowest BCUT2D eigenvalue weighted by atomic mass is 10.0. The van der Waals surface area contributed by atoms with Crippen molar-refractivity contribution in [3.63, 3.8) is 0 Å².